The van der Waals surface area contributed by atoms with Crippen molar-refractivity contribution in [1.29, 1.82) is 0 Å². The maximum atomic E-state index is 13.9. The summed E-state index contributed by atoms with van der Waals surface area (Å²) < 4.78 is 19.5. The minimum Gasteiger partial charge on any atom is -0.378 e. The van der Waals surface area contributed by atoms with E-state index in [2.05, 4.69) is 19.2 Å². The highest BCUT2D eigenvalue weighted by Crippen LogP contribution is 2.28. The van der Waals surface area contributed by atoms with Crippen molar-refractivity contribution in [3.05, 3.63) is 34.6 Å². The van der Waals surface area contributed by atoms with Crippen LogP contribution < -0.4 is 5.32 Å². The van der Waals surface area contributed by atoms with E-state index < -0.39 is 0 Å². The van der Waals surface area contributed by atoms with Gasteiger partial charge in [-0.3, -0.25) is 0 Å². The summed E-state index contributed by atoms with van der Waals surface area (Å²) >= 11 is 6.12. The van der Waals surface area contributed by atoms with Crippen LogP contribution >= 0.6 is 11.6 Å². The first-order valence-electron chi connectivity index (χ1n) is 6.91. The van der Waals surface area contributed by atoms with Crippen molar-refractivity contribution in [1.82, 2.24) is 5.32 Å². The summed E-state index contributed by atoms with van der Waals surface area (Å²) in [7, 11) is 0. The van der Waals surface area contributed by atoms with Gasteiger partial charge >= 0.3 is 0 Å². The van der Waals surface area contributed by atoms with Crippen LogP contribution in [0.25, 0.3) is 0 Å². The summed E-state index contributed by atoms with van der Waals surface area (Å²) in [5.41, 5.74) is 0.606. The Morgan fingerprint density at radius 2 is 2.32 bits per heavy atom. The summed E-state index contributed by atoms with van der Waals surface area (Å²) in [6, 6.07) is 5.07. The Bertz CT molecular complexity index is 406. The Balaban J connectivity index is 2.16. The monoisotopic (exact) mass is 285 g/mol. The van der Waals surface area contributed by atoms with Crippen LogP contribution in [0, 0.1) is 11.7 Å². The van der Waals surface area contributed by atoms with Gasteiger partial charge in [-0.05, 0) is 38.4 Å². The van der Waals surface area contributed by atoms with Gasteiger partial charge in [0.15, 0.2) is 0 Å². The van der Waals surface area contributed by atoms with Crippen molar-refractivity contribution in [3.63, 3.8) is 0 Å². The van der Waals surface area contributed by atoms with E-state index in [1.807, 2.05) is 0 Å². The molecule has 1 N–H and O–H groups in total. The van der Waals surface area contributed by atoms with Gasteiger partial charge in [-0.1, -0.05) is 24.6 Å². The van der Waals surface area contributed by atoms with E-state index in [1.54, 1.807) is 12.1 Å². The van der Waals surface area contributed by atoms with Crippen molar-refractivity contribution < 1.29 is 9.13 Å². The van der Waals surface area contributed by atoms with E-state index >= 15 is 0 Å². The number of benzene rings is 1. The van der Waals surface area contributed by atoms with Crippen molar-refractivity contribution in [2.24, 2.45) is 5.92 Å². The molecule has 1 heterocycles. The first kappa shape index (κ1) is 14.8. The third kappa shape index (κ3) is 3.47. The van der Waals surface area contributed by atoms with E-state index in [-0.39, 0.29) is 18.0 Å². The molecule has 1 fully saturated rings. The maximum Gasteiger partial charge on any atom is 0.127 e. The highest BCUT2D eigenvalue weighted by atomic mass is 35.5. The van der Waals surface area contributed by atoms with Crippen LogP contribution in [0.1, 0.15) is 25.8 Å². The van der Waals surface area contributed by atoms with Gasteiger partial charge in [0.25, 0.3) is 0 Å². The molecule has 0 aliphatic carbocycles. The Morgan fingerprint density at radius 3 is 2.89 bits per heavy atom. The molecule has 1 saturated heterocycles. The predicted octanol–water partition coefficient (Wildman–Crippen LogP) is 3.42. The van der Waals surface area contributed by atoms with Gasteiger partial charge in [0.05, 0.1) is 6.10 Å². The first-order valence-corrected chi connectivity index (χ1v) is 7.29. The standard InChI is InChI=1S/C15H21ClFNO/c1-3-18-15(11-7-8-19-10(11)2)9-12-13(16)5-4-6-14(12)17/h4-6,10-11,15,18H,3,7-9H2,1-2H3. The molecule has 0 amide bonds. The number of likely N-dealkylation sites (N-methyl/N-ethyl adjacent to an activating group) is 1. The Hall–Kier alpha value is -0.640. The number of ether oxygens (including phenoxy) is 1. The largest absolute Gasteiger partial charge is 0.378 e. The van der Waals surface area contributed by atoms with Crippen molar-refractivity contribution in [2.75, 3.05) is 13.2 Å². The topological polar surface area (TPSA) is 21.3 Å². The third-order valence-electron chi connectivity index (χ3n) is 3.90. The Labute approximate surface area is 119 Å². The van der Waals surface area contributed by atoms with E-state index in [9.17, 15) is 4.39 Å². The van der Waals surface area contributed by atoms with Crippen LogP contribution in [0.5, 0.6) is 0 Å². The highest BCUT2D eigenvalue weighted by Gasteiger charge is 2.32. The summed E-state index contributed by atoms with van der Waals surface area (Å²) in [6.07, 6.45) is 1.84. The van der Waals surface area contributed by atoms with Gasteiger partial charge in [-0.15, -0.1) is 0 Å². The smallest absolute Gasteiger partial charge is 0.127 e. The average molecular weight is 286 g/mol. The molecule has 19 heavy (non-hydrogen) atoms. The zero-order valence-electron chi connectivity index (χ0n) is 11.5. The van der Waals surface area contributed by atoms with Crippen LogP contribution in [0.3, 0.4) is 0 Å². The van der Waals surface area contributed by atoms with Crippen molar-refractivity contribution >= 4 is 11.6 Å². The quantitative estimate of drug-likeness (QED) is 0.895. The van der Waals surface area contributed by atoms with Crippen LogP contribution in [-0.2, 0) is 11.2 Å². The summed E-state index contributed by atoms with van der Waals surface area (Å²) in [5.74, 6) is 0.192. The molecule has 3 atom stereocenters. The van der Waals surface area contributed by atoms with Gasteiger partial charge < -0.3 is 10.1 Å². The zero-order chi connectivity index (χ0) is 13.8. The molecule has 0 bridgehead atoms. The van der Waals surface area contributed by atoms with Crippen LogP contribution in [0.4, 0.5) is 4.39 Å². The van der Waals surface area contributed by atoms with Gasteiger partial charge in [0.2, 0.25) is 0 Å². The molecule has 106 valence electrons. The second-order valence-electron chi connectivity index (χ2n) is 5.10. The van der Waals surface area contributed by atoms with E-state index in [1.165, 1.54) is 6.07 Å². The molecule has 0 saturated carbocycles. The van der Waals surface area contributed by atoms with Crippen LogP contribution in [0.15, 0.2) is 18.2 Å². The number of halogens is 2. The van der Waals surface area contributed by atoms with Crippen LogP contribution in [-0.4, -0.2) is 25.3 Å². The average Bonchev–Trinajstić information content (AvgIpc) is 2.79. The molecule has 1 aliphatic rings. The molecular formula is C15H21ClFNO. The minimum absolute atomic E-state index is 0.205. The lowest BCUT2D eigenvalue weighted by Crippen LogP contribution is -2.41. The number of hydrogen-bond acceptors (Lipinski definition) is 2. The fourth-order valence-electron chi connectivity index (χ4n) is 2.86. The second kappa shape index (κ2) is 6.69. The summed E-state index contributed by atoms with van der Waals surface area (Å²) in [4.78, 5) is 0. The van der Waals surface area contributed by atoms with E-state index in [4.69, 9.17) is 16.3 Å². The first-order chi connectivity index (χ1) is 9.13. The second-order valence-corrected chi connectivity index (χ2v) is 5.50. The lowest BCUT2D eigenvalue weighted by atomic mass is 9.88. The van der Waals surface area contributed by atoms with E-state index in [0.717, 1.165) is 19.6 Å². The van der Waals surface area contributed by atoms with Crippen molar-refractivity contribution in [2.45, 2.75) is 38.8 Å². The molecule has 1 aromatic rings. The molecule has 1 aliphatic heterocycles. The molecule has 0 spiro atoms. The number of hydrogen-bond donors (Lipinski definition) is 1. The van der Waals surface area contributed by atoms with Crippen LogP contribution in [0.2, 0.25) is 5.02 Å². The van der Waals surface area contributed by atoms with E-state index in [0.29, 0.717) is 22.9 Å². The number of rotatable bonds is 5. The number of nitrogens with one attached hydrogen (secondary N) is 1. The predicted molar refractivity (Wildman–Crippen MR) is 76.1 cm³/mol. The Morgan fingerprint density at radius 1 is 1.53 bits per heavy atom. The zero-order valence-corrected chi connectivity index (χ0v) is 12.2. The normalized spacial score (nSPS) is 24.6. The molecule has 1 aromatic carbocycles. The fourth-order valence-corrected chi connectivity index (χ4v) is 3.10. The summed E-state index contributed by atoms with van der Waals surface area (Å²) in [5, 5.41) is 3.96. The highest BCUT2D eigenvalue weighted by molar-refractivity contribution is 6.31. The lowest BCUT2D eigenvalue weighted by molar-refractivity contribution is 0.0955. The maximum absolute atomic E-state index is 13.9. The van der Waals surface area contributed by atoms with Gasteiger partial charge in [0.1, 0.15) is 5.82 Å². The third-order valence-corrected chi connectivity index (χ3v) is 4.26. The molecule has 0 radical (unpaired) electrons. The van der Waals surface area contributed by atoms with Crippen molar-refractivity contribution in [3.8, 4) is 0 Å². The molecule has 4 heteroatoms. The van der Waals surface area contributed by atoms with Gasteiger partial charge in [-0.25, -0.2) is 4.39 Å². The van der Waals surface area contributed by atoms with Gasteiger partial charge in [0, 0.05) is 29.2 Å². The molecule has 0 aromatic heterocycles. The molecule has 2 rings (SSSR count). The minimum atomic E-state index is -0.220. The summed E-state index contributed by atoms with van der Waals surface area (Å²) in [6.45, 7) is 5.81. The Kier molecular flexibility index (Phi) is 5.20. The molecule has 3 unspecified atom stereocenters. The molecular weight excluding hydrogens is 265 g/mol. The van der Waals surface area contributed by atoms with Gasteiger partial charge in [-0.2, -0.15) is 0 Å². The fraction of sp³-hybridized carbons (Fsp3) is 0.600. The SMILES string of the molecule is CCNC(Cc1c(F)cccc1Cl)C1CCOC1C. The molecule has 2 nitrogen and oxygen atoms in total. The lowest BCUT2D eigenvalue weighted by Gasteiger charge is -2.27.